The summed E-state index contributed by atoms with van der Waals surface area (Å²) in [6.45, 7) is 5.89. The lowest BCUT2D eigenvalue weighted by atomic mass is 10.1. The Morgan fingerprint density at radius 1 is 1.24 bits per heavy atom. The van der Waals surface area contributed by atoms with Crippen LogP contribution < -0.4 is 0 Å². The summed E-state index contributed by atoms with van der Waals surface area (Å²) in [5.74, 6) is 1.98. The number of amides is 1. The van der Waals surface area contributed by atoms with Crippen molar-refractivity contribution in [3.8, 4) is 0 Å². The van der Waals surface area contributed by atoms with Crippen LogP contribution in [0.25, 0.3) is 0 Å². The summed E-state index contributed by atoms with van der Waals surface area (Å²) in [5, 5.41) is 12.2. The summed E-state index contributed by atoms with van der Waals surface area (Å²) < 4.78 is 7.15. The zero-order valence-electron chi connectivity index (χ0n) is 14.8. The number of aryl methyl sites for hydroxylation is 1. The van der Waals surface area contributed by atoms with Gasteiger partial charge in [-0.3, -0.25) is 4.79 Å². The molecule has 1 saturated heterocycles. The van der Waals surface area contributed by atoms with Crippen LogP contribution in [0.4, 0.5) is 0 Å². The van der Waals surface area contributed by atoms with Crippen molar-refractivity contribution in [1.29, 1.82) is 0 Å². The third-order valence-corrected chi connectivity index (χ3v) is 5.46. The van der Waals surface area contributed by atoms with E-state index in [1.165, 1.54) is 25.7 Å². The van der Waals surface area contributed by atoms with E-state index in [-0.39, 0.29) is 11.8 Å². The number of likely N-dealkylation sites (tertiary alicyclic amines) is 1. The Morgan fingerprint density at radius 2 is 2.04 bits per heavy atom. The first-order chi connectivity index (χ1) is 12.1. The van der Waals surface area contributed by atoms with E-state index >= 15 is 0 Å². The molecular weight excluding hydrogens is 320 g/mol. The molecule has 0 N–H and O–H groups in total. The first kappa shape index (κ1) is 16.2. The van der Waals surface area contributed by atoms with Crippen molar-refractivity contribution in [1.82, 2.24) is 30.0 Å². The van der Waals surface area contributed by atoms with Gasteiger partial charge in [0, 0.05) is 19.6 Å². The maximum atomic E-state index is 12.8. The lowest BCUT2D eigenvalue weighted by Crippen LogP contribution is -2.29. The van der Waals surface area contributed by atoms with Gasteiger partial charge in [0.05, 0.1) is 11.6 Å². The Kier molecular flexibility index (Phi) is 4.27. The summed E-state index contributed by atoms with van der Waals surface area (Å²) in [7, 11) is 0. The first-order valence-electron chi connectivity index (χ1n) is 9.11. The molecule has 25 heavy (non-hydrogen) atoms. The van der Waals surface area contributed by atoms with Crippen LogP contribution in [-0.4, -0.2) is 49.0 Å². The molecule has 1 amide bonds. The van der Waals surface area contributed by atoms with Crippen molar-refractivity contribution in [2.75, 3.05) is 13.1 Å². The highest BCUT2D eigenvalue weighted by Crippen LogP contribution is 2.28. The van der Waals surface area contributed by atoms with Crippen molar-refractivity contribution in [2.45, 2.75) is 58.4 Å². The highest BCUT2D eigenvalue weighted by Gasteiger charge is 2.33. The highest BCUT2D eigenvalue weighted by atomic mass is 16.5. The average molecular weight is 344 g/mol. The van der Waals surface area contributed by atoms with Gasteiger partial charge in [0.15, 0.2) is 11.5 Å². The molecule has 1 aliphatic carbocycles. The number of carbonyl (C=O) groups excluding carboxylic acids is 1. The van der Waals surface area contributed by atoms with E-state index in [0.29, 0.717) is 36.4 Å². The Labute approximate surface area is 146 Å². The van der Waals surface area contributed by atoms with Crippen LogP contribution in [0.15, 0.2) is 4.52 Å². The van der Waals surface area contributed by atoms with E-state index in [0.717, 1.165) is 18.7 Å². The van der Waals surface area contributed by atoms with Crippen LogP contribution in [0, 0.1) is 19.8 Å². The van der Waals surface area contributed by atoms with Crippen molar-refractivity contribution in [3.63, 3.8) is 0 Å². The number of carbonyl (C=O) groups is 1. The van der Waals surface area contributed by atoms with Gasteiger partial charge in [-0.25, -0.2) is 4.68 Å². The molecule has 2 fully saturated rings. The number of hydrogen-bond acceptors (Lipinski definition) is 6. The van der Waals surface area contributed by atoms with Gasteiger partial charge >= 0.3 is 0 Å². The van der Waals surface area contributed by atoms with Crippen molar-refractivity contribution in [3.05, 3.63) is 23.1 Å². The van der Waals surface area contributed by atoms with E-state index in [2.05, 4.69) is 20.5 Å². The lowest BCUT2D eigenvalue weighted by Gasteiger charge is -2.15. The Bertz CT molecular complexity index is 761. The molecule has 1 aliphatic heterocycles. The predicted octanol–water partition coefficient (Wildman–Crippen LogP) is 2.10. The minimum atomic E-state index is -0.0473. The van der Waals surface area contributed by atoms with Crippen LogP contribution in [0.2, 0.25) is 0 Å². The molecule has 3 heterocycles. The highest BCUT2D eigenvalue weighted by molar-refractivity contribution is 5.93. The van der Waals surface area contributed by atoms with E-state index in [4.69, 9.17) is 4.52 Å². The molecule has 134 valence electrons. The minimum Gasteiger partial charge on any atom is -0.339 e. The molecule has 0 aromatic carbocycles. The molecule has 0 spiro atoms. The average Bonchev–Trinajstić information content (AvgIpc) is 3.36. The fraction of sp³-hybridized carbons (Fsp3) is 0.706. The Morgan fingerprint density at radius 3 is 2.76 bits per heavy atom. The van der Waals surface area contributed by atoms with Crippen LogP contribution in [-0.2, 0) is 6.54 Å². The van der Waals surface area contributed by atoms with Gasteiger partial charge in [0.1, 0.15) is 0 Å². The zero-order valence-corrected chi connectivity index (χ0v) is 14.8. The summed E-state index contributed by atoms with van der Waals surface area (Å²) in [6.07, 6.45) is 5.94. The number of aromatic nitrogens is 5. The van der Waals surface area contributed by atoms with Crippen LogP contribution in [0.3, 0.4) is 0 Å². The molecule has 2 aromatic rings. The predicted molar refractivity (Wildman–Crippen MR) is 89.0 cm³/mol. The standard InChI is InChI=1S/C17H24N6O2/c1-11-15(19-21-23(11)9-13-5-3-4-6-13)17(24)22-8-7-14(10-22)16-18-12(2)20-25-16/h13-14H,3-10H2,1-2H3/t14-/m1/s1. The van der Waals surface area contributed by atoms with Crippen molar-refractivity contribution in [2.24, 2.45) is 5.92 Å². The maximum absolute atomic E-state index is 12.8. The van der Waals surface area contributed by atoms with Gasteiger partial charge in [-0.15, -0.1) is 5.10 Å². The van der Waals surface area contributed by atoms with Crippen LogP contribution in [0.1, 0.15) is 65.9 Å². The summed E-state index contributed by atoms with van der Waals surface area (Å²) >= 11 is 0. The second-order valence-electron chi connectivity index (χ2n) is 7.27. The minimum absolute atomic E-state index is 0.0473. The monoisotopic (exact) mass is 344 g/mol. The van der Waals surface area contributed by atoms with Gasteiger partial charge in [0.25, 0.3) is 5.91 Å². The molecule has 0 radical (unpaired) electrons. The zero-order chi connectivity index (χ0) is 17.4. The van der Waals surface area contributed by atoms with Crippen molar-refractivity contribution < 1.29 is 9.32 Å². The molecule has 2 aromatic heterocycles. The van der Waals surface area contributed by atoms with E-state index in [9.17, 15) is 4.79 Å². The molecule has 0 unspecified atom stereocenters. The second kappa shape index (κ2) is 6.57. The SMILES string of the molecule is Cc1noc([C@@H]2CCN(C(=O)c3nnn(CC4CCCC4)c3C)C2)n1. The quantitative estimate of drug-likeness (QED) is 0.844. The van der Waals surface area contributed by atoms with Crippen molar-refractivity contribution >= 4 is 5.91 Å². The maximum Gasteiger partial charge on any atom is 0.276 e. The summed E-state index contributed by atoms with van der Waals surface area (Å²) in [4.78, 5) is 19.0. The van der Waals surface area contributed by atoms with Gasteiger partial charge in [-0.05, 0) is 39.0 Å². The topological polar surface area (TPSA) is 89.9 Å². The third-order valence-electron chi connectivity index (χ3n) is 5.46. The molecular formula is C17H24N6O2. The molecule has 1 saturated carbocycles. The van der Waals surface area contributed by atoms with E-state index < -0.39 is 0 Å². The Balaban J connectivity index is 1.43. The van der Waals surface area contributed by atoms with E-state index in [1.807, 2.05) is 16.5 Å². The number of hydrogen-bond donors (Lipinski definition) is 0. The molecule has 0 bridgehead atoms. The van der Waals surface area contributed by atoms with Gasteiger partial charge in [-0.2, -0.15) is 4.98 Å². The molecule has 1 atom stereocenters. The second-order valence-corrected chi connectivity index (χ2v) is 7.27. The van der Waals surface area contributed by atoms with Gasteiger partial charge in [-0.1, -0.05) is 23.2 Å². The fourth-order valence-electron chi connectivity index (χ4n) is 3.94. The smallest absolute Gasteiger partial charge is 0.276 e. The molecule has 4 rings (SSSR count). The molecule has 8 heteroatoms. The fourth-order valence-corrected chi connectivity index (χ4v) is 3.94. The van der Waals surface area contributed by atoms with Gasteiger partial charge in [0.2, 0.25) is 5.89 Å². The first-order valence-corrected chi connectivity index (χ1v) is 9.11. The summed E-state index contributed by atoms with van der Waals surface area (Å²) in [5.41, 5.74) is 1.34. The Hall–Kier alpha value is -2.25. The lowest BCUT2D eigenvalue weighted by molar-refractivity contribution is 0.0783. The normalized spacial score (nSPS) is 21.4. The number of nitrogens with zero attached hydrogens (tertiary/aromatic N) is 6. The van der Waals surface area contributed by atoms with E-state index in [1.54, 1.807) is 6.92 Å². The largest absolute Gasteiger partial charge is 0.339 e. The third kappa shape index (κ3) is 3.17. The number of rotatable bonds is 4. The summed E-state index contributed by atoms with van der Waals surface area (Å²) in [6, 6.07) is 0. The molecule has 2 aliphatic rings. The molecule has 8 nitrogen and oxygen atoms in total. The van der Waals surface area contributed by atoms with Gasteiger partial charge < -0.3 is 9.42 Å². The van der Waals surface area contributed by atoms with Crippen LogP contribution >= 0.6 is 0 Å². The van der Waals surface area contributed by atoms with Crippen LogP contribution in [0.5, 0.6) is 0 Å².